The minimum atomic E-state index is 0.403. The quantitative estimate of drug-likeness (QED) is 0.813. The van der Waals surface area contributed by atoms with Gasteiger partial charge in [0, 0.05) is 18.7 Å². The van der Waals surface area contributed by atoms with Crippen molar-refractivity contribution in [2.75, 3.05) is 7.11 Å². The minimum Gasteiger partial charge on any atom is -0.400 e. The summed E-state index contributed by atoms with van der Waals surface area (Å²) in [7, 11) is 1.00. The summed E-state index contributed by atoms with van der Waals surface area (Å²) in [6.07, 6.45) is 1.95. The van der Waals surface area contributed by atoms with Crippen LogP contribution in [0.1, 0.15) is 40.2 Å². The second kappa shape index (κ2) is 5.85. The standard InChI is InChI=1S/C15H15NO.CH4O/c1-10-7-12-8-13(9-17)16-15(12)14(10)11-5-3-2-4-6-11;1-2/h2-6,8-10,14,16H,7H2,1H3;2H,1H3. The van der Waals surface area contributed by atoms with Crippen molar-refractivity contribution in [3.05, 3.63) is 58.9 Å². The molecule has 3 nitrogen and oxygen atoms in total. The third-order valence-electron chi connectivity index (χ3n) is 3.66. The van der Waals surface area contributed by atoms with Crippen LogP contribution in [0.25, 0.3) is 0 Å². The molecule has 0 fully saturated rings. The number of nitrogens with one attached hydrogen (secondary N) is 1. The highest BCUT2D eigenvalue weighted by atomic mass is 16.2. The Bertz CT molecular complexity index is 545. The highest BCUT2D eigenvalue weighted by Gasteiger charge is 2.32. The highest BCUT2D eigenvalue weighted by Crippen LogP contribution is 2.41. The molecule has 2 unspecified atom stereocenters. The third-order valence-corrected chi connectivity index (χ3v) is 3.66. The van der Waals surface area contributed by atoms with Gasteiger partial charge in [0.1, 0.15) is 0 Å². The Kier molecular flexibility index (Phi) is 4.17. The van der Waals surface area contributed by atoms with Gasteiger partial charge in [-0.3, -0.25) is 4.79 Å². The largest absolute Gasteiger partial charge is 0.400 e. The van der Waals surface area contributed by atoms with E-state index >= 15 is 0 Å². The Hall–Kier alpha value is -1.87. The van der Waals surface area contributed by atoms with Crippen LogP contribution in [0.2, 0.25) is 0 Å². The van der Waals surface area contributed by atoms with Crippen molar-refractivity contribution in [2.24, 2.45) is 5.92 Å². The molecule has 2 N–H and O–H groups in total. The average molecular weight is 257 g/mol. The SMILES string of the molecule is CC1Cc2cc(C=O)[nH]c2C1c1ccccc1.CO. The van der Waals surface area contributed by atoms with Crippen LogP contribution in [-0.4, -0.2) is 23.5 Å². The second-order valence-electron chi connectivity index (χ2n) is 4.85. The van der Waals surface area contributed by atoms with Crippen LogP contribution < -0.4 is 0 Å². The molecule has 0 amide bonds. The van der Waals surface area contributed by atoms with E-state index < -0.39 is 0 Å². The van der Waals surface area contributed by atoms with Gasteiger partial charge in [0.2, 0.25) is 0 Å². The number of H-pyrrole nitrogens is 1. The second-order valence-corrected chi connectivity index (χ2v) is 4.85. The molecule has 1 aromatic heterocycles. The molecule has 3 rings (SSSR count). The normalized spacial score (nSPS) is 20.4. The topological polar surface area (TPSA) is 53.1 Å². The van der Waals surface area contributed by atoms with E-state index in [1.54, 1.807) is 0 Å². The van der Waals surface area contributed by atoms with Crippen LogP contribution in [0.4, 0.5) is 0 Å². The summed E-state index contributed by atoms with van der Waals surface area (Å²) in [5, 5.41) is 7.00. The predicted octanol–water partition coefficient (Wildman–Crippen LogP) is 2.76. The number of benzene rings is 1. The molecule has 1 heterocycles. The molecule has 0 saturated carbocycles. The third kappa shape index (κ3) is 2.47. The number of aliphatic hydroxyl groups is 1. The molecule has 0 bridgehead atoms. The van der Waals surface area contributed by atoms with Gasteiger partial charge in [0.15, 0.2) is 6.29 Å². The number of aromatic nitrogens is 1. The van der Waals surface area contributed by atoms with Crippen LogP contribution in [0.5, 0.6) is 0 Å². The number of hydrogen-bond acceptors (Lipinski definition) is 2. The highest BCUT2D eigenvalue weighted by molar-refractivity contribution is 5.73. The number of aliphatic hydroxyl groups excluding tert-OH is 1. The molecule has 100 valence electrons. The van der Waals surface area contributed by atoms with Gasteiger partial charge in [-0.25, -0.2) is 0 Å². The summed E-state index contributed by atoms with van der Waals surface area (Å²) in [5.41, 5.74) is 4.56. The first-order chi connectivity index (χ1) is 9.29. The molecule has 2 atom stereocenters. The first-order valence-corrected chi connectivity index (χ1v) is 6.46. The fraction of sp³-hybridized carbons (Fsp3) is 0.312. The Morgan fingerprint density at radius 1 is 1.26 bits per heavy atom. The summed E-state index contributed by atoms with van der Waals surface area (Å²) in [6, 6.07) is 12.5. The molecule has 0 saturated heterocycles. The lowest BCUT2D eigenvalue weighted by Crippen LogP contribution is -2.06. The van der Waals surface area contributed by atoms with Gasteiger partial charge in [-0.1, -0.05) is 37.3 Å². The van der Waals surface area contributed by atoms with Gasteiger partial charge in [-0.15, -0.1) is 0 Å². The van der Waals surface area contributed by atoms with E-state index in [9.17, 15) is 4.79 Å². The van der Waals surface area contributed by atoms with Crippen LogP contribution in [0, 0.1) is 5.92 Å². The Balaban J connectivity index is 0.000000637. The molecule has 3 heteroatoms. The van der Waals surface area contributed by atoms with Crippen molar-refractivity contribution in [2.45, 2.75) is 19.3 Å². The van der Waals surface area contributed by atoms with Gasteiger partial charge in [0.25, 0.3) is 0 Å². The molecule has 19 heavy (non-hydrogen) atoms. The summed E-state index contributed by atoms with van der Waals surface area (Å²) < 4.78 is 0. The molecule has 1 aliphatic rings. The number of hydrogen-bond donors (Lipinski definition) is 2. The molecule has 0 aliphatic heterocycles. The van der Waals surface area contributed by atoms with Crippen molar-refractivity contribution in [3.63, 3.8) is 0 Å². The number of rotatable bonds is 2. The molecule has 0 radical (unpaired) electrons. The zero-order valence-corrected chi connectivity index (χ0v) is 11.3. The van der Waals surface area contributed by atoms with Gasteiger partial charge in [0.05, 0.1) is 5.69 Å². The molecule has 1 aromatic carbocycles. The molecular formula is C16H19NO2. The zero-order valence-electron chi connectivity index (χ0n) is 11.3. The van der Waals surface area contributed by atoms with Crippen molar-refractivity contribution in [1.82, 2.24) is 4.98 Å². The van der Waals surface area contributed by atoms with Gasteiger partial charge < -0.3 is 10.1 Å². The summed E-state index contributed by atoms with van der Waals surface area (Å²) in [5.74, 6) is 0.999. The smallest absolute Gasteiger partial charge is 0.166 e. The predicted molar refractivity (Wildman–Crippen MR) is 75.5 cm³/mol. The summed E-state index contributed by atoms with van der Waals surface area (Å²) in [4.78, 5) is 14.1. The van der Waals surface area contributed by atoms with E-state index in [1.165, 1.54) is 16.8 Å². The van der Waals surface area contributed by atoms with Gasteiger partial charge >= 0.3 is 0 Å². The van der Waals surface area contributed by atoms with E-state index in [0.717, 1.165) is 19.8 Å². The van der Waals surface area contributed by atoms with Crippen molar-refractivity contribution >= 4 is 6.29 Å². The molecule has 1 aliphatic carbocycles. The van der Waals surface area contributed by atoms with Crippen LogP contribution in [0.15, 0.2) is 36.4 Å². The lowest BCUT2D eigenvalue weighted by Gasteiger charge is -2.16. The number of aldehydes is 1. The molecule has 2 aromatic rings. The van der Waals surface area contributed by atoms with Crippen molar-refractivity contribution < 1.29 is 9.90 Å². The fourth-order valence-corrected chi connectivity index (χ4v) is 2.95. The maximum absolute atomic E-state index is 10.8. The van der Waals surface area contributed by atoms with Gasteiger partial charge in [-0.05, 0) is 29.5 Å². The summed E-state index contributed by atoms with van der Waals surface area (Å²) in [6.45, 7) is 2.27. The maximum atomic E-state index is 10.8. The van der Waals surface area contributed by atoms with Crippen LogP contribution in [0.3, 0.4) is 0 Å². The number of carbonyl (C=O) groups is 1. The number of aromatic amines is 1. The average Bonchev–Trinajstić information content (AvgIpc) is 2.98. The van der Waals surface area contributed by atoms with Crippen LogP contribution >= 0.6 is 0 Å². The van der Waals surface area contributed by atoms with E-state index in [2.05, 4.69) is 36.2 Å². The molecule has 0 spiro atoms. The van der Waals surface area contributed by atoms with E-state index in [0.29, 0.717) is 17.5 Å². The number of carbonyl (C=O) groups excluding carboxylic acids is 1. The lowest BCUT2D eigenvalue weighted by molar-refractivity contribution is 0.111. The van der Waals surface area contributed by atoms with E-state index in [4.69, 9.17) is 5.11 Å². The van der Waals surface area contributed by atoms with Gasteiger partial charge in [-0.2, -0.15) is 0 Å². The van der Waals surface area contributed by atoms with E-state index in [-0.39, 0.29) is 0 Å². The van der Waals surface area contributed by atoms with E-state index in [1.807, 2.05) is 12.1 Å². The first kappa shape index (κ1) is 13.6. The zero-order chi connectivity index (χ0) is 13.8. The van der Waals surface area contributed by atoms with Crippen molar-refractivity contribution in [3.8, 4) is 0 Å². The number of fused-ring (bicyclic) bond motifs is 1. The first-order valence-electron chi connectivity index (χ1n) is 6.46. The molecular weight excluding hydrogens is 238 g/mol. The lowest BCUT2D eigenvalue weighted by atomic mass is 9.89. The maximum Gasteiger partial charge on any atom is 0.166 e. The Morgan fingerprint density at radius 2 is 1.95 bits per heavy atom. The minimum absolute atomic E-state index is 0.403. The summed E-state index contributed by atoms with van der Waals surface area (Å²) >= 11 is 0. The Labute approximate surface area is 113 Å². The fourth-order valence-electron chi connectivity index (χ4n) is 2.95. The Morgan fingerprint density at radius 3 is 2.58 bits per heavy atom. The monoisotopic (exact) mass is 257 g/mol. The van der Waals surface area contributed by atoms with Crippen molar-refractivity contribution in [1.29, 1.82) is 0 Å². The van der Waals surface area contributed by atoms with Crippen LogP contribution in [-0.2, 0) is 6.42 Å².